The number of hydrogen-bond acceptors (Lipinski definition) is 9. The number of nitrogens with zero attached hydrogens (tertiary/aromatic N) is 1. The van der Waals surface area contributed by atoms with Crippen LogP contribution in [0.4, 0.5) is 0 Å². The van der Waals surface area contributed by atoms with Crippen LogP contribution in [0.1, 0.15) is 33.8 Å². The Morgan fingerprint density at radius 2 is 1.38 bits per heavy atom. The summed E-state index contributed by atoms with van der Waals surface area (Å²) in [4.78, 5) is 50.5. The minimum absolute atomic E-state index is 0.154. The van der Waals surface area contributed by atoms with Crippen molar-refractivity contribution in [3.8, 4) is 0 Å². The van der Waals surface area contributed by atoms with E-state index < -0.39 is 36.1 Å². The summed E-state index contributed by atoms with van der Waals surface area (Å²) in [5.74, 6) is -2.93. The molecular weight excluding hydrogens is 322 g/mol. The van der Waals surface area contributed by atoms with Crippen molar-refractivity contribution in [2.45, 2.75) is 25.0 Å². The molecule has 2 aliphatic rings. The minimum atomic E-state index is -0.969. The van der Waals surface area contributed by atoms with Crippen molar-refractivity contribution in [2.24, 2.45) is 0 Å². The summed E-state index contributed by atoms with van der Waals surface area (Å²) in [5, 5.41) is 0. The van der Waals surface area contributed by atoms with Crippen molar-refractivity contribution in [1.29, 1.82) is 0 Å². The molecule has 1 aromatic heterocycles. The van der Waals surface area contributed by atoms with Gasteiger partial charge < -0.3 is 18.9 Å². The topological polar surface area (TPSA) is 118 Å². The average molecular weight is 335 g/mol. The summed E-state index contributed by atoms with van der Waals surface area (Å²) in [7, 11) is 0. The van der Waals surface area contributed by atoms with Gasteiger partial charge in [-0.2, -0.15) is 0 Å². The highest BCUT2D eigenvalue weighted by Gasteiger charge is 2.32. The van der Waals surface area contributed by atoms with Crippen LogP contribution < -0.4 is 0 Å². The maximum Gasteiger partial charge on any atom is 0.357 e. The van der Waals surface area contributed by atoms with Crippen LogP contribution in [0.2, 0.25) is 0 Å². The molecule has 0 N–H and O–H groups in total. The minimum Gasteiger partial charge on any atom is -0.463 e. The van der Waals surface area contributed by atoms with Gasteiger partial charge in [-0.05, 0) is 12.1 Å². The largest absolute Gasteiger partial charge is 0.463 e. The molecule has 0 aromatic carbocycles. The number of pyridine rings is 1. The number of cyclic esters (lactones) is 2. The van der Waals surface area contributed by atoms with Crippen LogP contribution in [0.5, 0.6) is 0 Å². The predicted octanol–water partition coefficient (Wildman–Crippen LogP) is 0.0262. The molecule has 0 saturated carbocycles. The van der Waals surface area contributed by atoms with Gasteiger partial charge in [0.2, 0.25) is 12.2 Å². The predicted molar refractivity (Wildman–Crippen MR) is 73.8 cm³/mol. The van der Waals surface area contributed by atoms with E-state index in [-0.39, 0.29) is 37.4 Å². The van der Waals surface area contributed by atoms with Gasteiger partial charge in [0.05, 0.1) is 13.2 Å². The summed E-state index contributed by atoms with van der Waals surface area (Å²) in [6.45, 7) is 0.377. The molecule has 2 atom stereocenters. The molecule has 2 saturated heterocycles. The Bertz CT molecular complexity index is 645. The lowest BCUT2D eigenvalue weighted by Crippen LogP contribution is -2.25. The molecule has 24 heavy (non-hydrogen) atoms. The maximum atomic E-state index is 12.0. The van der Waals surface area contributed by atoms with Crippen LogP contribution in [0.25, 0.3) is 0 Å². The second-order valence-corrected chi connectivity index (χ2v) is 5.11. The van der Waals surface area contributed by atoms with Crippen LogP contribution in [0.15, 0.2) is 18.2 Å². The lowest BCUT2D eigenvalue weighted by molar-refractivity contribution is -0.145. The van der Waals surface area contributed by atoms with Gasteiger partial charge in [0.15, 0.2) is 0 Å². The highest BCUT2D eigenvalue weighted by Crippen LogP contribution is 2.15. The maximum absolute atomic E-state index is 12.0. The number of rotatable bonds is 4. The van der Waals surface area contributed by atoms with E-state index in [1.807, 2.05) is 0 Å². The van der Waals surface area contributed by atoms with Gasteiger partial charge in [-0.3, -0.25) is 0 Å². The van der Waals surface area contributed by atoms with Crippen molar-refractivity contribution in [3.63, 3.8) is 0 Å². The smallest absolute Gasteiger partial charge is 0.357 e. The van der Waals surface area contributed by atoms with Crippen molar-refractivity contribution in [1.82, 2.24) is 4.98 Å². The number of esters is 4. The van der Waals surface area contributed by atoms with E-state index in [4.69, 9.17) is 18.9 Å². The van der Waals surface area contributed by atoms with Gasteiger partial charge in [0.25, 0.3) is 0 Å². The first-order chi connectivity index (χ1) is 11.5. The van der Waals surface area contributed by atoms with Crippen LogP contribution in [-0.4, -0.2) is 54.3 Å². The zero-order chi connectivity index (χ0) is 17.1. The average Bonchev–Trinajstić information content (AvgIpc) is 3.16. The third kappa shape index (κ3) is 3.34. The molecule has 9 nitrogen and oxygen atoms in total. The van der Waals surface area contributed by atoms with Crippen molar-refractivity contribution >= 4 is 23.9 Å². The molecule has 0 radical (unpaired) electrons. The molecule has 126 valence electrons. The third-order valence-electron chi connectivity index (χ3n) is 3.44. The van der Waals surface area contributed by atoms with E-state index in [0.29, 0.717) is 0 Å². The summed E-state index contributed by atoms with van der Waals surface area (Å²) in [6.07, 6.45) is -1.39. The summed E-state index contributed by atoms with van der Waals surface area (Å²) >= 11 is 0. The normalized spacial score (nSPS) is 22.7. The van der Waals surface area contributed by atoms with Gasteiger partial charge in [-0.1, -0.05) is 6.07 Å². The Hall–Kier alpha value is -2.97. The van der Waals surface area contributed by atoms with E-state index >= 15 is 0 Å². The molecule has 0 spiro atoms. The molecule has 9 heteroatoms. The molecule has 0 aliphatic carbocycles. The first kappa shape index (κ1) is 15.9. The van der Waals surface area contributed by atoms with Gasteiger partial charge >= 0.3 is 23.9 Å². The third-order valence-corrected chi connectivity index (χ3v) is 3.44. The molecule has 0 unspecified atom stereocenters. The van der Waals surface area contributed by atoms with Crippen LogP contribution in [0, 0.1) is 0 Å². The number of carbonyl (C=O) groups is 4. The Labute approximate surface area is 135 Å². The quantitative estimate of drug-likeness (QED) is 0.554. The monoisotopic (exact) mass is 335 g/mol. The van der Waals surface area contributed by atoms with E-state index in [0.717, 1.165) is 0 Å². The molecule has 1 aromatic rings. The summed E-state index contributed by atoms with van der Waals surface area (Å²) < 4.78 is 19.4. The van der Waals surface area contributed by atoms with E-state index in [1.54, 1.807) is 0 Å². The fourth-order valence-corrected chi connectivity index (χ4v) is 2.21. The van der Waals surface area contributed by atoms with Crippen LogP contribution >= 0.6 is 0 Å². The fraction of sp³-hybridized carbons (Fsp3) is 0.400. The lowest BCUT2D eigenvalue weighted by Gasteiger charge is -2.10. The number of ether oxygens (including phenoxy) is 4. The molecule has 0 bridgehead atoms. The summed E-state index contributed by atoms with van der Waals surface area (Å²) in [5.41, 5.74) is -0.309. The number of carbonyl (C=O) groups excluding carboxylic acids is 4. The molecule has 3 heterocycles. The molecule has 0 amide bonds. The second kappa shape index (κ2) is 6.65. The highest BCUT2D eigenvalue weighted by molar-refractivity contribution is 5.93. The van der Waals surface area contributed by atoms with Gasteiger partial charge in [-0.25, -0.2) is 24.2 Å². The highest BCUT2D eigenvalue weighted by atomic mass is 16.6. The Morgan fingerprint density at radius 1 is 0.917 bits per heavy atom. The van der Waals surface area contributed by atoms with E-state index in [2.05, 4.69) is 4.98 Å². The second-order valence-electron chi connectivity index (χ2n) is 5.11. The Balaban J connectivity index is 1.66. The van der Waals surface area contributed by atoms with Crippen LogP contribution in [-0.2, 0) is 28.5 Å². The zero-order valence-corrected chi connectivity index (χ0v) is 12.4. The van der Waals surface area contributed by atoms with E-state index in [1.165, 1.54) is 18.2 Å². The molecular formula is C15H13NO8. The lowest BCUT2D eigenvalue weighted by atomic mass is 10.2. The molecule has 3 rings (SSSR count). The standard InChI is InChI=1S/C15H13NO8/c17-12(23-10-4-6-21-14(10)19)8-2-1-3-9(16-8)13(18)24-11-5-7-22-15(11)20/h1-3,10-11H,4-7H2/t10-,11-/m0/s1. The fourth-order valence-electron chi connectivity index (χ4n) is 2.21. The van der Waals surface area contributed by atoms with Gasteiger partial charge in [0, 0.05) is 12.8 Å². The van der Waals surface area contributed by atoms with E-state index in [9.17, 15) is 19.2 Å². The Morgan fingerprint density at radius 3 is 1.75 bits per heavy atom. The van der Waals surface area contributed by atoms with Gasteiger partial charge in [0.1, 0.15) is 11.4 Å². The van der Waals surface area contributed by atoms with Crippen molar-refractivity contribution in [3.05, 3.63) is 29.6 Å². The first-order valence-corrected chi connectivity index (χ1v) is 7.27. The Kier molecular flexibility index (Phi) is 4.41. The molecule has 2 fully saturated rings. The van der Waals surface area contributed by atoms with Crippen molar-refractivity contribution < 1.29 is 38.1 Å². The van der Waals surface area contributed by atoms with Gasteiger partial charge in [-0.15, -0.1) is 0 Å². The first-order valence-electron chi connectivity index (χ1n) is 7.27. The molecule has 2 aliphatic heterocycles. The number of aromatic nitrogens is 1. The SMILES string of the molecule is O=C(O[C@H]1CCOC1=O)c1cccc(C(=O)O[C@H]2CCOC2=O)n1. The van der Waals surface area contributed by atoms with Crippen LogP contribution in [0.3, 0.4) is 0 Å². The van der Waals surface area contributed by atoms with Crippen molar-refractivity contribution in [2.75, 3.05) is 13.2 Å². The summed E-state index contributed by atoms with van der Waals surface area (Å²) in [6, 6.07) is 4.09. The zero-order valence-electron chi connectivity index (χ0n) is 12.4. The number of hydrogen-bond donors (Lipinski definition) is 0.